The van der Waals surface area contributed by atoms with E-state index in [0.717, 1.165) is 12.8 Å². The maximum atomic E-state index is 14.0. The lowest BCUT2D eigenvalue weighted by Crippen LogP contribution is -2.38. The van der Waals surface area contributed by atoms with Crippen LogP contribution in [0.3, 0.4) is 0 Å². The molecule has 136 valence electrons. The first-order chi connectivity index (χ1) is 12.6. The van der Waals surface area contributed by atoms with E-state index in [2.05, 4.69) is 5.16 Å². The number of carbonyl (C=O) groups is 1. The average molecular weight is 377 g/mol. The summed E-state index contributed by atoms with van der Waals surface area (Å²) in [5.74, 6) is 0.348. The summed E-state index contributed by atoms with van der Waals surface area (Å²) in [5.41, 5.74) is 1.16. The van der Waals surface area contributed by atoms with Crippen molar-refractivity contribution >= 4 is 23.2 Å². The second-order valence-electron chi connectivity index (χ2n) is 6.66. The molecule has 1 fully saturated rings. The van der Waals surface area contributed by atoms with Crippen molar-refractivity contribution in [1.82, 2.24) is 4.90 Å². The highest BCUT2D eigenvalue weighted by Gasteiger charge is 2.36. The summed E-state index contributed by atoms with van der Waals surface area (Å²) in [7, 11) is 0. The molecule has 26 heavy (non-hydrogen) atoms. The Morgan fingerprint density at radius 1 is 1.27 bits per heavy atom. The molecule has 1 aliphatic heterocycles. The van der Waals surface area contributed by atoms with Crippen molar-refractivity contribution in [2.75, 3.05) is 6.54 Å². The van der Waals surface area contributed by atoms with Crippen molar-refractivity contribution in [1.29, 1.82) is 0 Å². The van der Waals surface area contributed by atoms with E-state index < -0.39 is 0 Å². The van der Waals surface area contributed by atoms with Gasteiger partial charge in [-0.1, -0.05) is 23.4 Å². The highest BCUT2D eigenvalue weighted by molar-refractivity contribution is 6.29. The van der Waals surface area contributed by atoms with E-state index in [4.69, 9.17) is 20.9 Å². The first kappa shape index (κ1) is 17.1. The van der Waals surface area contributed by atoms with Crippen LogP contribution in [0.1, 0.15) is 30.6 Å². The lowest BCUT2D eigenvalue weighted by atomic mass is 10.1. The van der Waals surface area contributed by atoms with Crippen molar-refractivity contribution in [3.05, 3.63) is 58.8 Å². The minimum atomic E-state index is -0.310. The van der Waals surface area contributed by atoms with Gasteiger partial charge in [-0.3, -0.25) is 4.79 Å². The maximum absolute atomic E-state index is 14.0. The molecule has 0 spiro atoms. The summed E-state index contributed by atoms with van der Waals surface area (Å²) in [6.45, 7) is 0.578. The lowest BCUT2D eigenvalue weighted by molar-refractivity contribution is -0.135. The number of hydrogen-bond donors (Lipinski definition) is 0. The molecule has 1 saturated carbocycles. The van der Waals surface area contributed by atoms with Crippen molar-refractivity contribution in [3.63, 3.8) is 0 Å². The summed E-state index contributed by atoms with van der Waals surface area (Å²) < 4.78 is 19.4. The Bertz CT molecular complexity index is 847. The first-order valence-electron chi connectivity index (χ1n) is 8.61. The van der Waals surface area contributed by atoms with Crippen LogP contribution < -0.4 is 0 Å². The second kappa shape index (κ2) is 7.11. The van der Waals surface area contributed by atoms with Gasteiger partial charge in [0.1, 0.15) is 11.5 Å². The van der Waals surface area contributed by atoms with E-state index >= 15 is 0 Å². The number of furan rings is 1. The number of amides is 1. The first-order valence-corrected chi connectivity index (χ1v) is 8.98. The SMILES string of the molecule is O=C(C1CC1)N(Cc1ccccc1F)C[C@@H]1CC(c2ccc(Cl)o2)=NO1. The summed E-state index contributed by atoms with van der Waals surface area (Å²) >= 11 is 5.80. The van der Waals surface area contributed by atoms with Gasteiger partial charge in [0.2, 0.25) is 5.91 Å². The van der Waals surface area contributed by atoms with Crippen LogP contribution in [0.15, 0.2) is 46.0 Å². The molecule has 1 aromatic carbocycles. The van der Waals surface area contributed by atoms with Crippen LogP contribution in [-0.2, 0) is 16.2 Å². The van der Waals surface area contributed by atoms with Gasteiger partial charge in [0.05, 0.1) is 6.54 Å². The van der Waals surface area contributed by atoms with Crippen molar-refractivity contribution in [2.45, 2.75) is 31.9 Å². The Morgan fingerprint density at radius 3 is 2.77 bits per heavy atom. The molecular weight excluding hydrogens is 359 g/mol. The van der Waals surface area contributed by atoms with Crippen LogP contribution in [0.2, 0.25) is 5.22 Å². The van der Waals surface area contributed by atoms with E-state index in [0.29, 0.717) is 30.0 Å². The van der Waals surface area contributed by atoms with Crippen LogP contribution in [0.25, 0.3) is 0 Å². The van der Waals surface area contributed by atoms with Crippen molar-refractivity contribution < 1.29 is 18.4 Å². The Kier molecular flexibility index (Phi) is 4.68. The molecule has 1 aliphatic carbocycles. The molecule has 0 bridgehead atoms. The van der Waals surface area contributed by atoms with Crippen molar-refractivity contribution in [2.24, 2.45) is 11.1 Å². The topological polar surface area (TPSA) is 55.0 Å². The summed E-state index contributed by atoms with van der Waals surface area (Å²) in [6.07, 6.45) is 2.01. The summed E-state index contributed by atoms with van der Waals surface area (Å²) in [5, 5.41) is 4.34. The molecule has 2 heterocycles. The standard InChI is InChI=1S/C19H18ClFN2O3/c20-18-8-7-17(25-18)16-9-14(26-22-16)11-23(19(24)12-5-6-12)10-13-3-1-2-4-15(13)21/h1-4,7-8,12,14H,5-6,9-11H2/t14-/m0/s1. The smallest absolute Gasteiger partial charge is 0.226 e. The van der Waals surface area contributed by atoms with Gasteiger partial charge >= 0.3 is 0 Å². The second-order valence-corrected chi connectivity index (χ2v) is 7.03. The Labute approximate surface area is 155 Å². The Morgan fingerprint density at radius 2 is 2.08 bits per heavy atom. The third-order valence-electron chi connectivity index (χ3n) is 4.57. The maximum Gasteiger partial charge on any atom is 0.226 e. The fraction of sp³-hybridized carbons (Fsp3) is 0.368. The predicted molar refractivity (Wildman–Crippen MR) is 94.3 cm³/mol. The zero-order valence-electron chi connectivity index (χ0n) is 14.0. The number of oxime groups is 1. The van der Waals surface area contributed by atoms with Gasteiger partial charge < -0.3 is 14.2 Å². The number of carbonyl (C=O) groups excluding carboxylic acids is 1. The van der Waals surface area contributed by atoms with Crippen LogP contribution >= 0.6 is 11.6 Å². The highest BCUT2D eigenvalue weighted by atomic mass is 35.5. The monoisotopic (exact) mass is 376 g/mol. The molecule has 0 N–H and O–H groups in total. The fourth-order valence-electron chi connectivity index (χ4n) is 3.04. The van der Waals surface area contributed by atoms with Crippen molar-refractivity contribution in [3.8, 4) is 0 Å². The molecule has 4 rings (SSSR count). The van der Waals surface area contributed by atoms with Gasteiger partial charge in [-0.15, -0.1) is 0 Å². The van der Waals surface area contributed by atoms with Crippen LogP contribution in [-0.4, -0.2) is 29.2 Å². The zero-order valence-corrected chi connectivity index (χ0v) is 14.8. The minimum absolute atomic E-state index is 0.0475. The zero-order chi connectivity index (χ0) is 18.1. The largest absolute Gasteiger partial charge is 0.443 e. The summed E-state index contributed by atoms with van der Waals surface area (Å²) in [4.78, 5) is 19.8. The number of nitrogens with zero attached hydrogens (tertiary/aromatic N) is 2. The molecule has 2 aromatic rings. The van der Waals surface area contributed by atoms with Crippen LogP contribution in [0.5, 0.6) is 0 Å². The molecule has 2 aliphatic rings. The molecule has 5 nitrogen and oxygen atoms in total. The van der Waals surface area contributed by atoms with Gasteiger partial charge in [-0.2, -0.15) is 0 Å². The molecule has 1 atom stereocenters. The summed E-state index contributed by atoms with van der Waals surface area (Å²) in [6, 6.07) is 9.90. The Balaban J connectivity index is 1.44. The highest BCUT2D eigenvalue weighted by Crippen LogP contribution is 2.32. The lowest BCUT2D eigenvalue weighted by Gasteiger charge is -2.25. The molecule has 0 saturated heterocycles. The van der Waals surface area contributed by atoms with E-state index in [9.17, 15) is 9.18 Å². The molecule has 1 amide bonds. The van der Waals surface area contributed by atoms with Gasteiger partial charge in [-0.05, 0) is 42.6 Å². The van der Waals surface area contributed by atoms with E-state index in [-0.39, 0.29) is 35.5 Å². The number of rotatable bonds is 6. The van der Waals surface area contributed by atoms with E-state index in [1.807, 2.05) is 0 Å². The van der Waals surface area contributed by atoms with Crippen LogP contribution in [0.4, 0.5) is 4.39 Å². The van der Waals surface area contributed by atoms with E-state index in [1.54, 1.807) is 35.2 Å². The van der Waals surface area contributed by atoms with Gasteiger partial charge in [0, 0.05) is 24.4 Å². The van der Waals surface area contributed by atoms with Gasteiger partial charge in [0.25, 0.3) is 0 Å². The molecule has 7 heteroatoms. The minimum Gasteiger partial charge on any atom is -0.443 e. The molecule has 1 aromatic heterocycles. The number of benzene rings is 1. The normalized spacial score (nSPS) is 19.2. The van der Waals surface area contributed by atoms with E-state index in [1.165, 1.54) is 6.07 Å². The van der Waals surface area contributed by atoms with Gasteiger partial charge in [0.15, 0.2) is 17.1 Å². The molecule has 0 unspecified atom stereocenters. The number of halogens is 2. The third kappa shape index (κ3) is 3.75. The fourth-order valence-corrected chi connectivity index (χ4v) is 3.19. The quantitative estimate of drug-likeness (QED) is 0.765. The van der Waals surface area contributed by atoms with Crippen LogP contribution in [0, 0.1) is 11.7 Å². The van der Waals surface area contributed by atoms with Gasteiger partial charge in [-0.25, -0.2) is 4.39 Å². The molecule has 0 radical (unpaired) electrons. The third-order valence-corrected chi connectivity index (χ3v) is 4.78. The predicted octanol–water partition coefficient (Wildman–Crippen LogP) is 4.00. The average Bonchev–Trinajstić information content (AvgIpc) is 3.23. The number of hydrogen-bond acceptors (Lipinski definition) is 4. The Hall–Kier alpha value is -2.34. The molecular formula is C19H18ClFN2O3.